The molecule has 1 aliphatic heterocycles. The maximum atomic E-state index is 12.3. The molecule has 1 aromatic carbocycles. The molecule has 2 heterocycles. The Balaban J connectivity index is 1.58. The molecule has 1 amide bonds. The molecular formula is C20H26N4O3. The molecule has 27 heavy (non-hydrogen) atoms. The minimum atomic E-state index is -0.254. The van der Waals surface area contributed by atoms with Crippen LogP contribution in [-0.4, -0.2) is 43.2 Å². The van der Waals surface area contributed by atoms with E-state index in [0.29, 0.717) is 23.7 Å². The standard InChI is InChI=1S/C20H26N4O3/c1-14-6-8-24(9-7-14)19-13-21-16(12-22-19)20(25)23-11-15-4-5-17(26-2)18(10-15)27-3/h4-5,10,12-14H,6-9,11H2,1-3H3,(H,23,25). The molecule has 1 saturated heterocycles. The highest BCUT2D eigenvalue weighted by atomic mass is 16.5. The van der Waals surface area contributed by atoms with Crippen molar-refractivity contribution < 1.29 is 14.3 Å². The van der Waals surface area contributed by atoms with E-state index in [4.69, 9.17) is 9.47 Å². The highest BCUT2D eigenvalue weighted by molar-refractivity contribution is 5.92. The van der Waals surface area contributed by atoms with Gasteiger partial charge in [-0.1, -0.05) is 13.0 Å². The third-order valence-corrected chi connectivity index (χ3v) is 4.88. The number of ether oxygens (including phenoxy) is 2. The number of piperidine rings is 1. The summed E-state index contributed by atoms with van der Waals surface area (Å²) in [5, 5.41) is 2.86. The summed E-state index contributed by atoms with van der Waals surface area (Å²) >= 11 is 0. The second-order valence-electron chi connectivity index (χ2n) is 6.80. The van der Waals surface area contributed by atoms with E-state index in [1.165, 1.54) is 6.20 Å². The number of rotatable bonds is 6. The van der Waals surface area contributed by atoms with E-state index in [9.17, 15) is 4.79 Å². The molecule has 0 bridgehead atoms. The molecule has 0 saturated carbocycles. The summed E-state index contributed by atoms with van der Waals surface area (Å²) in [6.45, 7) is 4.61. The van der Waals surface area contributed by atoms with Gasteiger partial charge in [0.05, 0.1) is 26.6 Å². The first-order valence-electron chi connectivity index (χ1n) is 9.16. The molecule has 1 fully saturated rings. The lowest BCUT2D eigenvalue weighted by atomic mass is 9.99. The second-order valence-corrected chi connectivity index (χ2v) is 6.80. The molecule has 0 unspecified atom stereocenters. The van der Waals surface area contributed by atoms with Crippen molar-refractivity contribution in [3.05, 3.63) is 41.9 Å². The fourth-order valence-electron chi connectivity index (χ4n) is 3.10. The van der Waals surface area contributed by atoms with Crippen LogP contribution < -0.4 is 19.7 Å². The van der Waals surface area contributed by atoms with Crippen LogP contribution in [0.4, 0.5) is 5.82 Å². The zero-order valence-corrected chi connectivity index (χ0v) is 16.1. The molecular weight excluding hydrogens is 344 g/mol. The largest absolute Gasteiger partial charge is 0.493 e. The van der Waals surface area contributed by atoms with Crippen molar-refractivity contribution in [2.45, 2.75) is 26.3 Å². The molecule has 0 atom stereocenters. The van der Waals surface area contributed by atoms with Crippen LogP contribution in [0, 0.1) is 5.92 Å². The van der Waals surface area contributed by atoms with Gasteiger partial charge in [0.15, 0.2) is 11.5 Å². The number of nitrogens with one attached hydrogen (secondary N) is 1. The number of benzene rings is 1. The molecule has 3 rings (SSSR count). The zero-order chi connectivity index (χ0) is 19.2. The Morgan fingerprint density at radius 2 is 1.89 bits per heavy atom. The van der Waals surface area contributed by atoms with Gasteiger partial charge in [0.25, 0.3) is 5.91 Å². The summed E-state index contributed by atoms with van der Waals surface area (Å²) in [6.07, 6.45) is 5.54. The highest BCUT2D eigenvalue weighted by Crippen LogP contribution is 2.27. The lowest BCUT2D eigenvalue weighted by Gasteiger charge is -2.30. The molecule has 0 radical (unpaired) electrons. The Kier molecular flexibility index (Phi) is 6.11. The van der Waals surface area contributed by atoms with Gasteiger partial charge in [0.2, 0.25) is 0 Å². The van der Waals surface area contributed by atoms with Crippen molar-refractivity contribution in [2.75, 3.05) is 32.2 Å². The van der Waals surface area contributed by atoms with Gasteiger partial charge in [-0.05, 0) is 36.5 Å². The fourth-order valence-corrected chi connectivity index (χ4v) is 3.10. The van der Waals surface area contributed by atoms with Crippen LogP contribution in [0.3, 0.4) is 0 Å². The van der Waals surface area contributed by atoms with Gasteiger partial charge in [-0.2, -0.15) is 0 Å². The van der Waals surface area contributed by atoms with Crippen LogP contribution in [0.5, 0.6) is 11.5 Å². The van der Waals surface area contributed by atoms with Gasteiger partial charge in [0, 0.05) is 19.6 Å². The van der Waals surface area contributed by atoms with E-state index in [0.717, 1.165) is 43.2 Å². The van der Waals surface area contributed by atoms with Crippen molar-refractivity contribution >= 4 is 11.7 Å². The molecule has 1 N–H and O–H groups in total. The van der Waals surface area contributed by atoms with E-state index in [2.05, 4.69) is 27.1 Å². The van der Waals surface area contributed by atoms with Gasteiger partial charge in [0.1, 0.15) is 11.5 Å². The molecule has 144 valence electrons. The number of anilines is 1. The van der Waals surface area contributed by atoms with E-state index in [1.807, 2.05) is 18.2 Å². The van der Waals surface area contributed by atoms with E-state index in [1.54, 1.807) is 20.4 Å². The maximum absolute atomic E-state index is 12.3. The number of hydrogen-bond donors (Lipinski definition) is 1. The lowest BCUT2D eigenvalue weighted by molar-refractivity contribution is 0.0945. The summed E-state index contributed by atoms with van der Waals surface area (Å²) in [7, 11) is 3.17. The quantitative estimate of drug-likeness (QED) is 0.842. The van der Waals surface area contributed by atoms with Crippen LogP contribution in [-0.2, 0) is 6.54 Å². The third-order valence-electron chi connectivity index (χ3n) is 4.88. The van der Waals surface area contributed by atoms with Crippen LogP contribution in [0.1, 0.15) is 35.8 Å². The SMILES string of the molecule is COc1ccc(CNC(=O)c2cnc(N3CCC(C)CC3)cn2)cc1OC. The van der Waals surface area contributed by atoms with Crippen molar-refractivity contribution in [1.29, 1.82) is 0 Å². The number of nitrogens with zero attached hydrogens (tertiary/aromatic N) is 3. The summed E-state index contributed by atoms with van der Waals surface area (Å²) in [5.41, 5.74) is 1.22. The predicted octanol–water partition coefficient (Wildman–Crippen LogP) is 2.66. The van der Waals surface area contributed by atoms with Crippen molar-refractivity contribution in [2.24, 2.45) is 5.92 Å². The van der Waals surface area contributed by atoms with Crippen LogP contribution in [0.2, 0.25) is 0 Å². The first-order valence-corrected chi connectivity index (χ1v) is 9.16. The average Bonchev–Trinajstić information content (AvgIpc) is 2.72. The Morgan fingerprint density at radius 3 is 2.52 bits per heavy atom. The molecule has 7 nitrogen and oxygen atoms in total. The zero-order valence-electron chi connectivity index (χ0n) is 16.1. The van der Waals surface area contributed by atoms with Gasteiger partial charge < -0.3 is 19.7 Å². The van der Waals surface area contributed by atoms with Gasteiger partial charge in [-0.25, -0.2) is 9.97 Å². The maximum Gasteiger partial charge on any atom is 0.271 e. The summed E-state index contributed by atoms with van der Waals surface area (Å²) in [5.74, 6) is 2.62. The fraction of sp³-hybridized carbons (Fsp3) is 0.450. The Bertz CT molecular complexity index is 771. The molecule has 1 aliphatic rings. The molecule has 0 aliphatic carbocycles. The number of carbonyl (C=O) groups is 1. The van der Waals surface area contributed by atoms with E-state index in [-0.39, 0.29) is 5.91 Å². The summed E-state index contributed by atoms with van der Waals surface area (Å²) in [4.78, 5) is 23.3. The smallest absolute Gasteiger partial charge is 0.271 e. The summed E-state index contributed by atoms with van der Waals surface area (Å²) < 4.78 is 10.5. The molecule has 1 aromatic heterocycles. The summed E-state index contributed by atoms with van der Waals surface area (Å²) in [6, 6.07) is 5.54. The Labute approximate surface area is 159 Å². The number of hydrogen-bond acceptors (Lipinski definition) is 6. The van der Waals surface area contributed by atoms with Crippen LogP contribution >= 0.6 is 0 Å². The molecule has 0 spiro atoms. The first kappa shape index (κ1) is 18.9. The van der Waals surface area contributed by atoms with E-state index >= 15 is 0 Å². The number of methoxy groups -OCH3 is 2. The monoisotopic (exact) mass is 370 g/mol. The van der Waals surface area contributed by atoms with Gasteiger partial charge in [-0.3, -0.25) is 4.79 Å². The Hall–Kier alpha value is -2.83. The van der Waals surface area contributed by atoms with Gasteiger partial charge >= 0.3 is 0 Å². The average molecular weight is 370 g/mol. The minimum Gasteiger partial charge on any atom is -0.493 e. The number of amides is 1. The topological polar surface area (TPSA) is 76.6 Å². The Morgan fingerprint density at radius 1 is 1.15 bits per heavy atom. The van der Waals surface area contributed by atoms with Gasteiger partial charge in [-0.15, -0.1) is 0 Å². The number of carbonyl (C=O) groups excluding carboxylic acids is 1. The normalized spacial score (nSPS) is 14.7. The first-order chi connectivity index (χ1) is 13.1. The minimum absolute atomic E-state index is 0.254. The molecule has 7 heteroatoms. The lowest BCUT2D eigenvalue weighted by Crippen LogP contribution is -2.33. The van der Waals surface area contributed by atoms with Crippen molar-refractivity contribution in [3.8, 4) is 11.5 Å². The third kappa shape index (κ3) is 4.67. The van der Waals surface area contributed by atoms with Crippen molar-refractivity contribution in [1.82, 2.24) is 15.3 Å². The highest BCUT2D eigenvalue weighted by Gasteiger charge is 2.18. The second kappa shape index (κ2) is 8.70. The molecule has 2 aromatic rings. The van der Waals surface area contributed by atoms with Crippen molar-refractivity contribution in [3.63, 3.8) is 0 Å². The van der Waals surface area contributed by atoms with Crippen LogP contribution in [0.25, 0.3) is 0 Å². The number of aromatic nitrogens is 2. The predicted molar refractivity (Wildman–Crippen MR) is 103 cm³/mol. The van der Waals surface area contributed by atoms with Crippen LogP contribution in [0.15, 0.2) is 30.6 Å². The van der Waals surface area contributed by atoms with E-state index < -0.39 is 0 Å².